The molecule has 5 heteroatoms. The monoisotopic (exact) mass is 227 g/mol. The van der Waals surface area contributed by atoms with Crippen molar-refractivity contribution in [3.8, 4) is 11.8 Å². The van der Waals surface area contributed by atoms with E-state index in [2.05, 4.69) is 22.3 Å². The Morgan fingerprint density at radius 2 is 2.29 bits per heavy atom. The second-order valence-corrected chi connectivity index (χ2v) is 3.73. The molecule has 1 unspecified atom stereocenters. The number of hydrogen-bond donors (Lipinski definition) is 1. The van der Waals surface area contributed by atoms with Gasteiger partial charge in [0.05, 0.1) is 5.69 Å². The van der Waals surface area contributed by atoms with Gasteiger partial charge in [0.25, 0.3) is 5.82 Å². The molecule has 17 heavy (non-hydrogen) atoms. The highest BCUT2D eigenvalue weighted by Crippen LogP contribution is 2.15. The molecule has 1 heterocycles. The molecule has 0 saturated heterocycles. The van der Waals surface area contributed by atoms with Crippen LogP contribution in [0.2, 0.25) is 0 Å². The molecule has 0 bridgehead atoms. The van der Waals surface area contributed by atoms with Gasteiger partial charge in [-0.25, -0.2) is 9.67 Å². The van der Waals surface area contributed by atoms with Gasteiger partial charge in [0, 0.05) is 6.04 Å². The number of hydrogen-bond acceptors (Lipinski definition) is 4. The van der Waals surface area contributed by atoms with Gasteiger partial charge in [-0.05, 0) is 31.7 Å². The number of benzene rings is 1. The zero-order valence-electron chi connectivity index (χ0n) is 9.75. The van der Waals surface area contributed by atoms with Gasteiger partial charge in [-0.3, -0.25) is 0 Å². The van der Waals surface area contributed by atoms with Gasteiger partial charge in [0.2, 0.25) is 0 Å². The van der Waals surface area contributed by atoms with E-state index in [1.54, 1.807) is 11.0 Å². The highest BCUT2D eigenvalue weighted by atomic mass is 15.3. The van der Waals surface area contributed by atoms with Gasteiger partial charge in [-0.2, -0.15) is 5.26 Å². The maximum absolute atomic E-state index is 8.68. The number of aromatic nitrogens is 3. The first-order chi connectivity index (χ1) is 8.24. The summed E-state index contributed by atoms with van der Waals surface area (Å²) in [6.45, 7) is 2.08. The van der Waals surface area contributed by atoms with Crippen LogP contribution in [-0.2, 0) is 0 Å². The van der Waals surface area contributed by atoms with Gasteiger partial charge < -0.3 is 5.32 Å². The molecule has 2 aromatic rings. The molecule has 0 spiro atoms. The van der Waals surface area contributed by atoms with E-state index in [9.17, 15) is 0 Å². The van der Waals surface area contributed by atoms with Crippen LogP contribution in [0.15, 0.2) is 30.6 Å². The zero-order valence-corrected chi connectivity index (χ0v) is 9.75. The summed E-state index contributed by atoms with van der Waals surface area (Å²) in [7, 11) is 1.92. The summed E-state index contributed by atoms with van der Waals surface area (Å²) < 4.78 is 1.60. The summed E-state index contributed by atoms with van der Waals surface area (Å²) in [6, 6.07) is 10.2. The minimum Gasteiger partial charge on any atom is -0.313 e. The van der Waals surface area contributed by atoms with Crippen molar-refractivity contribution in [3.05, 3.63) is 42.0 Å². The van der Waals surface area contributed by atoms with E-state index < -0.39 is 0 Å². The fraction of sp³-hybridized carbons (Fsp3) is 0.250. The fourth-order valence-corrected chi connectivity index (χ4v) is 1.54. The molecule has 1 N–H and O–H groups in total. The quantitative estimate of drug-likeness (QED) is 0.861. The van der Waals surface area contributed by atoms with Crippen LogP contribution < -0.4 is 5.32 Å². The van der Waals surface area contributed by atoms with Gasteiger partial charge in [0.1, 0.15) is 12.4 Å². The number of rotatable bonds is 3. The standard InChI is InChI=1S/C12H13N5/c1-9(14-2)10-4-3-5-11(6-10)17-8-15-12(7-13)16-17/h3-6,8-9,14H,1-2H3. The van der Waals surface area contributed by atoms with Crippen molar-refractivity contribution < 1.29 is 0 Å². The lowest BCUT2D eigenvalue weighted by Crippen LogP contribution is -2.12. The number of nitrogens with one attached hydrogen (secondary N) is 1. The smallest absolute Gasteiger partial charge is 0.252 e. The van der Waals surface area contributed by atoms with Crippen molar-refractivity contribution >= 4 is 0 Å². The third-order valence-electron chi connectivity index (χ3n) is 2.66. The topological polar surface area (TPSA) is 66.5 Å². The average molecular weight is 227 g/mol. The van der Waals surface area contributed by atoms with E-state index in [1.807, 2.05) is 37.4 Å². The predicted octanol–water partition coefficient (Wildman–Crippen LogP) is 1.42. The van der Waals surface area contributed by atoms with Crippen LogP contribution in [0.25, 0.3) is 5.69 Å². The molecular weight excluding hydrogens is 214 g/mol. The Balaban J connectivity index is 2.36. The average Bonchev–Trinajstić information content (AvgIpc) is 2.86. The molecule has 1 aromatic heterocycles. The Kier molecular flexibility index (Phi) is 3.17. The first kappa shape index (κ1) is 11.3. The Morgan fingerprint density at radius 1 is 1.47 bits per heavy atom. The van der Waals surface area contributed by atoms with Crippen molar-refractivity contribution in [1.82, 2.24) is 20.1 Å². The van der Waals surface area contributed by atoms with Crippen LogP contribution in [0.1, 0.15) is 24.4 Å². The van der Waals surface area contributed by atoms with Crippen molar-refractivity contribution in [3.63, 3.8) is 0 Å². The highest BCUT2D eigenvalue weighted by molar-refractivity contribution is 5.36. The summed E-state index contributed by atoms with van der Waals surface area (Å²) in [4.78, 5) is 3.88. The Labute approximate surface area is 99.7 Å². The molecule has 0 aliphatic heterocycles. The Morgan fingerprint density at radius 3 is 2.94 bits per heavy atom. The van der Waals surface area contributed by atoms with Gasteiger partial charge in [-0.1, -0.05) is 12.1 Å². The molecule has 0 aliphatic rings. The van der Waals surface area contributed by atoms with Crippen molar-refractivity contribution in [2.45, 2.75) is 13.0 Å². The lowest BCUT2D eigenvalue weighted by molar-refractivity contribution is 0.651. The normalized spacial score (nSPS) is 12.1. The molecule has 1 atom stereocenters. The van der Waals surface area contributed by atoms with Gasteiger partial charge >= 0.3 is 0 Å². The summed E-state index contributed by atoms with van der Waals surface area (Å²) >= 11 is 0. The second kappa shape index (κ2) is 4.76. The van der Waals surface area contributed by atoms with E-state index in [0.29, 0.717) is 0 Å². The van der Waals surface area contributed by atoms with Crippen LogP contribution >= 0.6 is 0 Å². The maximum atomic E-state index is 8.68. The lowest BCUT2D eigenvalue weighted by Gasteiger charge is -2.11. The van der Waals surface area contributed by atoms with Crippen LogP contribution in [0, 0.1) is 11.3 Å². The molecular formula is C12H13N5. The number of nitrogens with zero attached hydrogens (tertiary/aromatic N) is 4. The van der Waals surface area contributed by atoms with E-state index in [0.717, 1.165) is 5.69 Å². The summed E-state index contributed by atoms with van der Waals surface area (Å²) in [5, 5.41) is 15.9. The number of nitriles is 1. The lowest BCUT2D eigenvalue weighted by atomic mass is 10.1. The molecule has 0 saturated carbocycles. The van der Waals surface area contributed by atoms with Crippen molar-refractivity contribution in [2.24, 2.45) is 0 Å². The molecule has 1 aromatic carbocycles. The minimum atomic E-state index is 0.178. The molecule has 2 rings (SSSR count). The Bertz CT molecular complexity index is 552. The van der Waals surface area contributed by atoms with Crippen LogP contribution in [0.5, 0.6) is 0 Å². The molecule has 0 radical (unpaired) electrons. The molecule has 5 nitrogen and oxygen atoms in total. The zero-order chi connectivity index (χ0) is 12.3. The van der Waals surface area contributed by atoms with Crippen molar-refractivity contribution in [1.29, 1.82) is 5.26 Å². The predicted molar refractivity (Wildman–Crippen MR) is 63.5 cm³/mol. The van der Waals surface area contributed by atoms with E-state index in [-0.39, 0.29) is 11.9 Å². The van der Waals surface area contributed by atoms with Gasteiger partial charge in [-0.15, -0.1) is 5.10 Å². The third-order valence-corrected chi connectivity index (χ3v) is 2.66. The third kappa shape index (κ3) is 2.32. The van der Waals surface area contributed by atoms with Crippen LogP contribution in [0.3, 0.4) is 0 Å². The van der Waals surface area contributed by atoms with Crippen molar-refractivity contribution in [2.75, 3.05) is 7.05 Å². The first-order valence-electron chi connectivity index (χ1n) is 5.34. The minimum absolute atomic E-state index is 0.178. The maximum Gasteiger partial charge on any atom is 0.252 e. The largest absolute Gasteiger partial charge is 0.313 e. The molecule has 0 amide bonds. The van der Waals surface area contributed by atoms with E-state index >= 15 is 0 Å². The van der Waals surface area contributed by atoms with E-state index in [1.165, 1.54) is 5.56 Å². The first-order valence-corrected chi connectivity index (χ1v) is 5.34. The molecule has 0 fully saturated rings. The summed E-state index contributed by atoms with van der Waals surface area (Å²) in [6.07, 6.45) is 1.54. The molecule has 0 aliphatic carbocycles. The van der Waals surface area contributed by atoms with Gasteiger partial charge in [0.15, 0.2) is 0 Å². The highest BCUT2D eigenvalue weighted by Gasteiger charge is 2.05. The van der Waals surface area contributed by atoms with Crippen LogP contribution in [-0.4, -0.2) is 21.8 Å². The summed E-state index contributed by atoms with van der Waals surface area (Å²) in [5.41, 5.74) is 2.07. The Hall–Kier alpha value is -2.19. The molecule has 86 valence electrons. The second-order valence-electron chi connectivity index (χ2n) is 3.73. The van der Waals surface area contributed by atoms with Crippen LogP contribution in [0.4, 0.5) is 0 Å². The SMILES string of the molecule is CNC(C)c1cccc(-n2cnc(C#N)n2)c1. The summed E-state index contributed by atoms with van der Waals surface area (Å²) in [5.74, 6) is 0.178. The fourth-order valence-electron chi connectivity index (χ4n) is 1.54. The van der Waals surface area contributed by atoms with E-state index in [4.69, 9.17) is 5.26 Å².